The monoisotopic (exact) mass is 277 g/mol. The van der Waals surface area contributed by atoms with Crippen LogP contribution in [0, 0.1) is 11.7 Å². The summed E-state index contributed by atoms with van der Waals surface area (Å²) in [6.07, 6.45) is 3.11. The maximum absolute atomic E-state index is 13.1. The van der Waals surface area contributed by atoms with Crippen molar-refractivity contribution in [2.24, 2.45) is 5.92 Å². The molecule has 2 bridgehead atoms. The van der Waals surface area contributed by atoms with E-state index < -0.39 is 0 Å². The van der Waals surface area contributed by atoms with Gasteiger partial charge in [-0.3, -0.25) is 9.69 Å². The molecule has 20 heavy (non-hydrogen) atoms. The fraction of sp³-hybridized carbons (Fsp3) is 0.562. The highest BCUT2D eigenvalue weighted by Gasteiger charge is 2.49. The Hall–Kier alpha value is -1.42. The molecule has 0 N–H and O–H groups in total. The molecule has 0 spiro atoms. The van der Waals surface area contributed by atoms with Gasteiger partial charge in [-0.25, -0.2) is 4.39 Å². The molecule has 2 fully saturated rings. The Balaban J connectivity index is 1.95. The van der Waals surface area contributed by atoms with Gasteiger partial charge in [-0.15, -0.1) is 0 Å². The third-order valence-electron chi connectivity index (χ3n) is 5.04. The molecule has 2 aliphatic rings. The third-order valence-corrected chi connectivity index (χ3v) is 5.04. The molecule has 0 amide bonds. The maximum Gasteiger partial charge on any atom is 0.310 e. The van der Waals surface area contributed by atoms with Gasteiger partial charge in [0.15, 0.2) is 0 Å². The number of carbonyl (C=O) groups is 1. The van der Waals surface area contributed by atoms with Crippen molar-refractivity contribution in [3.05, 3.63) is 35.6 Å². The van der Waals surface area contributed by atoms with Crippen LogP contribution in [0.25, 0.3) is 0 Å². The topological polar surface area (TPSA) is 29.5 Å². The molecule has 3 rings (SSSR count). The van der Waals surface area contributed by atoms with E-state index in [2.05, 4.69) is 11.9 Å². The van der Waals surface area contributed by atoms with Gasteiger partial charge in [-0.1, -0.05) is 12.1 Å². The van der Waals surface area contributed by atoms with E-state index in [-0.39, 0.29) is 29.7 Å². The minimum Gasteiger partial charge on any atom is -0.469 e. The highest BCUT2D eigenvalue weighted by atomic mass is 19.1. The summed E-state index contributed by atoms with van der Waals surface area (Å²) in [7, 11) is 3.55. The van der Waals surface area contributed by atoms with Gasteiger partial charge in [0, 0.05) is 18.0 Å². The number of carbonyl (C=O) groups excluding carboxylic acids is 1. The van der Waals surface area contributed by atoms with E-state index in [4.69, 9.17) is 4.74 Å². The minimum atomic E-state index is -0.237. The average molecular weight is 277 g/mol. The van der Waals surface area contributed by atoms with E-state index in [1.807, 2.05) is 0 Å². The quantitative estimate of drug-likeness (QED) is 0.778. The lowest BCUT2D eigenvalue weighted by Crippen LogP contribution is -2.49. The third kappa shape index (κ3) is 2.12. The van der Waals surface area contributed by atoms with Gasteiger partial charge >= 0.3 is 5.97 Å². The molecule has 0 radical (unpaired) electrons. The molecule has 2 saturated heterocycles. The summed E-state index contributed by atoms with van der Waals surface area (Å²) in [5, 5.41) is 0. The van der Waals surface area contributed by atoms with Crippen molar-refractivity contribution < 1.29 is 13.9 Å². The molecule has 108 valence electrons. The molecule has 2 aliphatic heterocycles. The maximum atomic E-state index is 13.1. The summed E-state index contributed by atoms with van der Waals surface area (Å²) in [6, 6.07) is 7.34. The van der Waals surface area contributed by atoms with Crippen LogP contribution < -0.4 is 0 Å². The molecular formula is C16H20FNO2. The molecule has 1 aromatic carbocycles. The van der Waals surface area contributed by atoms with Crippen molar-refractivity contribution in [1.82, 2.24) is 4.90 Å². The van der Waals surface area contributed by atoms with Gasteiger partial charge in [0.05, 0.1) is 13.0 Å². The van der Waals surface area contributed by atoms with Crippen LogP contribution in [-0.4, -0.2) is 37.1 Å². The first kappa shape index (κ1) is 13.6. The molecule has 0 aliphatic carbocycles. The summed E-state index contributed by atoms with van der Waals surface area (Å²) >= 11 is 0. The summed E-state index contributed by atoms with van der Waals surface area (Å²) in [5.74, 6) is -0.387. The number of piperidine rings is 1. The normalized spacial score (nSPS) is 33.1. The van der Waals surface area contributed by atoms with Gasteiger partial charge in [0.25, 0.3) is 0 Å². The van der Waals surface area contributed by atoms with E-state index >= 15 is 0 Å². The van der Waals surface area contributed by atoms with Crippen LogP contribution in [0.5, 0.6) is 0 Å². The number of methoxy groups -OCH3 is 1. The first-order chi connectivity index (χ1) is 9.61. The smallest absolute Gasteiger partial charge is 0.310 e. The Morgan fingerprint density at radius 1 is 1.30 bits per heavy atom. The number of nitrogens with zero attached hydrogens (tertiary/aromatic N) is 1. The van der Waals surface area contributed by atoms with E-state index in [1.54, 1.807) is 12.1 Å². The number of benzene rings is 1. The second-order valence-corrected chi connectivity index (χ2v) is 5.91. The second-order valence-electron chi connectivity index (χ2n) is 5.91. The molecular weight excluding hydrogens is 257 g/mol. The summed E-state index contributed by atoms with van der Waals surface area (Å²) in [5.41, 5.74) is 1.05. The average Bonchev–Trinajstić information content (AvgIpc) is 2.70. The summed E-state index contributed by atoms with van der Waals surface area (Å²) in [6.45, 7) is 0. The Kier molecular flexibility index (Phi) is 3.50. The van der Waals surface area contributed by atoms with Gasteiger partial charge in [0.1, 0.15) is 5.82 Å². The van der Waals surface area contributed by atoms with Crippen molar-refractivity contribution in [2.45, 2.75) is 37.3 Å². The van der Waals surface area contributed by atoms with Crippen LogP contribution in [-0.2, 0) is 9.53 Å². The molecule has 4 heteroatoms. The largest absolute Gasteiger partial charge is 0.469 e. The zero-order valence-corrected chi connectivity index (χ0v) is 11.9. The highest BCUT2D eigenvalue weighted by molar-refractivity contribution is 5.75. The lowest BCUT2D eigenvalue weighted by atomic mass is 9.76. The second kappa shape index (κ2) is 5.17. The van der Waals surface area contributed by atoms with E-state index in [0.29, 0.717) is 6.04 Å². The fourth-order valence-corrected chi connectivity index (χ4v) is 3.98. The van der Waals surface area contributed by atoms with Crippen LogP contribution in [0.3, 0.4) is 0 Å². The van der Waals surface area contributed by atoms with Crippen molar-refractivity contribution in [3.8, 4) is 0 Å². The minimum absolute atomic E-state index is 0.136. The number of hydrogen-bond acceptors (Lipinski definition) is 3. The molecule has 2 heterocycles. The molecule has 0 saturated carbocycles. The van der Waals surface area contributed by atoms with Crippen molar-refractivity contribution in [3.63, 3.8) is 0 Å². The Morgan fingerprint density at radius 3 is 2.65 bits per heavy atom. The highest BCUT2D eigenvalue weighted by Crippen LogP contribution is 2.46. The van der Waals surface area contributed by atoms with Crippen molar-refractivity contribution >= 4 is 5.97 Å². The Morgan fingerprint density at radius 2 is 2.00 bits per heavy atom. The molecule has 4 atom stereocenters. The molecule has 2 unspecified atom stereocenters. The SMILES string of the molecule is COC(=O)C1C2CC[C@H](C[C@@H]1c1ccc(F)cc1)N2C. The predicted octanol–water partition coefficient (Wildman–Crippen LogP) is 2.57. The molecule has 1 aromatic rings. The van der Waals surface area contributed by atoms with E-state index in [1.165, 1.54) is 19.2 Å². The number of esters is 1. The zero-order chi connectivity index (χ0) is 14.3. The van der Waals surface area contributed by atoms with Crippen LogP contribution in [0.2, 0.25) is 0 Å². The van der Waals surface area contributed by atoms with Crippen molar-refractivity contribution in [1.29, 1.82) is 0 Å². The van der Waals surface area contributed by atoms with Crippen LogP contribution in [0.1, 0.15) is 30.7 Å². The van der Waals surface area contributed by atoms with Crippen LogP contribution in [0.4, 0.5) is 4.39 Å². The number of fused-ring (bicyclic) bond motifs is 2. The van der Waals surface area contributed by atoms with Crippen LogP contribution in [0.15, 0.2) is 24.3 Å². The van der Waals surface area contributed by atoms with Gasteiger partial charge < -0.3 is 4.74 Å². The van der Waals surface area contributed by atoms with E-state index in [9.17, 15) is 9.18 Å². The Bertz CT molecular complexity index is 502. The number of hydrogen-bond donors (Lipinski definition) is 0. The Labute approximate surface area is 118 Å². The predicted molar refractivity (Wildman–Crippen MR) is 73.8 cm³/mol. The van der Waals surface area contributed by atoms with Crippen molar-refractivity contribution in [2.75, 3.05) is 14.2 Å². The molecule has 0 aromatic heterocycles. The fourth-order valence-electron chi connectivity index (χ4n) is 3.98. The van der Waals surface area contributed by atoms with Gasteiger partial charge in [-0.2, -0.15) is 0 Å². The molecule has 3 nitrogen and oxygen atoms in total. The number of ether oxygens (including phenoxy) is 1. The van der Waals surface area contributed by atoms with Gasteiger partial charge in [-0.05, 0) is 44.0 Å². The standard InChI is InChI=1S/C16H20FNO2/c1-18-12-7-8-14(18)15(16(19)20-2)13(9-12)10-3-5-11(17)6-4-10/h3-6,12-15H,7-9H2,1-2H3/t12-,13-,14?,15?/m1/s1. The zero-order valence-electron chi connectivity index (χ0n) is 11.9. The summed E-state index contributed by atoms with van der Waals surface area (Å²) < 4.78 is 18.1. The lowest BCUT2D eigenvalue weighted by Gasteiger charge is -2.41. The van der Waals surface area contributed by atoms with E-state index in [0.717, 1.165) is 24.8 Å². The summed E-state index contributed by atoms with van der Waals surface area (Å²) in [4.78, 5) is 14.5. The number of halogens is 1. The first-order valence-electron chi connectivity index (χ1n) is 7.17. The van der Waals surface area contributed by atoms with Gasteiger partial charge in [0.2, 0.25) is 0 Å². The lowest BCUT2D eigenvalue weighted by molar-refractivity contribution is -0.150. The number of rotatable bonds is 2. The first-order valence-corrected chi connectivity index (χ1v) is 7.17. The van der Waals surface area contributed by atoms with Crippen LogP contribution >= 0.6 is 0 Å².